The van der Waals surface area contributed by atoms with Crippen molar-refractivity contribution in [3.8, 4) is 0 Å². The molecule has 0 saturated carbocycles. The molecule has 1 aliphatic heterocycles. The Kier molecular flexibility index (Phi) is 4.60. The number of para-hydroxylation sites is 1. The molecule has 27 heavy (non-hydrogen) atoms. The van der Waals surface area contributed by atoms with Gasteiger partial charge in [0.2, 0.25) is 0 Å². The van der Waals surface area contributed by atoms with E-state index >= 15 is 0 Å². The Hall–Kier alpha value is -3.19. The molecular formula is C20H18N4O2S. The quantitative estimate of drug-likeness (QED) is 0.420. The fraction of sp³-hybridized carbons (Fsp3) is 0.150. The van der Waals surface area contributed by atoms with Crippen LogP contribution in [0.15, 0.2) is 72.9 Å². The number of nitrogens with zero attached hydrogens (tertiary/aromatic N) is 3. The van der Waals surface area contributed by atoms with Gasteiger partial charge >= 0.3 is 0 Å². The molecule has 2 heterocycles. The highest BCUT2D eigenvalue weighted by Gasteiger charge is 2.31. The van der Waals surface area contributed by atoms with E-state index in [-0.39, 0.29) is 16.7 Å². The Labute approximate surface area is 162 Å². The number of benzene rings is 2. The fourth-order valence-electron chi connectivity index (χ4n) is 3.48. The lowest BCUT2D eigenvalue weighted by Gasteiger charge is -2.39. The van der Waals surface area contributed by atoms with Crippen molar-refractivity contribution in [1.82, 2.24) is 9.47 Å². The summed E-state index contributed by atoms with van der Waals surface area (Å²) in [5.41, 5.74) is 2.92. The van der Waals surface area contributed by atoms with Crippen molar-refractivity contribution < 1.29 is 4.92 Å². The van der Waals surface area contributed by atoms with Crippen molar-refractivity contribution in [3.63, 3.8) is 0 Å². The molecule has 0 amide bonds. The van der Waals surface area contributed by atoms with Gasteiger partial charge in [-0.1, -0.05) is 30.3 Å². The molecule has 1 aromatic heterocycles. The van der Waals surface area contributed by atoms with E-state index in [2.05, 4.69) is 14.8 Å². The number of nitro benzene ring substituents is 1. The van der Waals surface area contributed by atoms with Crippen molar-refractivity contribution >= 4 is 28.7 Å². The summed E-state index contributed by atoms with van der Waals surface area (Å²) in [4.78, 5) is 13.0. The van der Waals surface area contributed by atoms with E-state index in [1.54, 1.807) is 12.1 Å². The fourth-order valence-corrected chi connectivity index (χ4v) is 3.79. The molecule has 1 unspecified atom stereocenters. The van der Waals surface area contributed by atoms with Gasteiger partial charge in [-0.15, -0.1) is 0 Å². The van der Waals surface area contributed by atoms with Gasteiger partial charge in [-0.05, 0) is 42.0 Å². The van der Waals surface area contributed by atoms with Gasteiger partial charge in [0, 0.05) is 42.8 Å². The largest absolute Gasteiger partial charge is 0.348 e. The molecule has 136 valence electrons. The standard InChI is InChI=1S/C20H18N4O2S/c25-24(26)17-9-4-6-15(14-17)19-18-10-5-11-22(18)12-13-23(19)20(27)21-16-7-2-1-3-8-16/h1-11,14,19H,12-13H2,(H,21,27). The maximum absolute atomic E-state index is 11.2. The smallest absolute Gasteiger partial charge is 0.269 e. The Morgan fingerprint density at radius 1 is 1.07 bits per heavy atom. The maximum Gasteiger partial charge on any atom is 0.269 e. The van der Waals surface area contributed by atoms with Gasteiger partial charge in [0.15, 0.2) is 5.11 Å². The first-order chi connectivity index (χ1) is 13.1. The second-order valence-electron chi connectivity index (χ2n) is 6.37. The monoisotopic (exact) mass is 378 g/mol. The Morgan fingerprint density at radius 2 is 1.89 bits per heavy atom. The van der Waals surface area contributed by atoms with Gasteiger partial charge in [0.05, 0.1) is 11.0 Å². The molecular weight excluding hydrogens is 360 g/mol. The third kappa shape index (κ3) is 3.41. The summed E-state index contributed by atoms with van der Waals surface area (Å²) in [6, 6.07) is 20.4. The van der Waals surface area contributed by atoms with Crippen LogP contribution in [-0.4, -0.2) is 26.0 Å². The molecule has 7 heteroatoms. The Bertz CT molecular complexity index is 986. The summed E-state index contributed by atoms with van der Waals surface area (Å²) in [5.74, 6) is 0. The summed E-state index contributed by atoms with van der Waals surface area (Å²) in [5, 5.41) is 15.1. The van der Waals surface area contributed by atoms with E-state index in [1.807, 2.05) is 54.7 Å². The third-order valence-corrected chi connectivity index (χ3v) is 5.06. The SMILES string of the molecule is O=[N+]([O-])c1cccc(C2c3cccn3CCN2C(=S)Nc2ccccc2)c1. The number of aromatic nitrogens is 1. The number of non-ortho nitro benzene ring substituents is 1. The number of thiocarbonyl (C=S) groups is 1. The molecule has 0 bridgehead atoms. The first-order valence-corrected chi connectivity index (χ1v) is 9.06. The molecule has 0 aliphatic carbocycles. The van der Waals surface area contributed by atoms with Crippen LogP contribution in [-0.2, 0) is 6.54 Å². The zero-order valence-electron chi connectivity index (χ0n) is 14.5. The minimum Gasteiger partial charge on any atom is -0.348 e. The van der Waals surface area contributed by atoms with Crippen LogP contribution in [0.3, 0.4) is 0 Å². The van der Waals surface area contributed by atoms with Crippen LogP contribution in [0.25, 0.3) is 0 Å². The molecule has 0 fully saturated rings. The van der Waals surface area contributed by atoms with Gasteiger partial charge < -0.3 is 14.8 Å². The average Bonchev–Trinajstić information content (AvgIpc) is 3.16. The number of hydrogen-bond acceptors (Lipinski definition) is 3. The maximum atomic E-state index is 11.2. The minimum atomic E-state index is -0.365. The van der Waals surface area contributed by atoms with Gasteiger partial charge in [0.25, 0.3) is 5.69 Å². The van der Waals surface area contributed by atoms with Crippen LogP contribution in [0.2, 0.25) is 0 Å². The number of fused-ring (bicyclic) bond motifs is 1. The molecule has 3 aromatic rings. The number of nitro groups is 1. The summed E-state index contributed by atoms with van der Waals surface area (Å²) in [6.07, 6.45) is 2.03. The highest BCUT2D eigenvalue weighted by atomic mass is 32.1. The Morgan fingerprint density at radius 3 is 2.67 bits per heavy atom. The van der Waals surface area contributed by atoms with E-state index < -0.39 is 0 Å². The van der Waals surface area contributed by atoms with Gasteiger partial charge in [0.1, 0.15) is 0 Å². The first kappa shape index (κ1) is 17.2. The lowest BCUT2D eigenvalue weighted by atomic mass is 10.00. The summed E-state index contributed by atoms with van der Waals surface area (Å²) >= 11 is 5.69. The zero-order valence-corrected chi connectivity index (χ0v) is 15.3. The average molecular weight is 378 g/mol. The lowest BCUT2D eigenvalue weighted by Crippen LogP contribution is -2.44. The number of anilines is 1. The Balaban J connectivity index is 1.71. The summed E-state index contributed by atoms with van der Waals surface area (Å²) < 4.78 is 2.17. The molecule has 6 nitrogen and oxygen atoms in total. The van der Waals surface area contributed by atoms with Crippen molar-refractivity contribution in [1.29, 1.82) is 0 Å². The highest BCUT2D eigenvalue weighted by Crippen LogP contribution is 2.34. The van der Waals surface area contributed by atoms with Crippen LogP contribution < -0.4 is 5.32 Å². The summed E-state index contributed by atoms with van der Waals surface area (Å²) in [7, 11) is 0. The van der Waals surface area contributed by atoms with Crippen molar-refractivity contribution in [2.75, 3.05) is 11.9 Å². The molecule has 1 atom stereocenters. The molecule has 1 N–H and O–H groups in total. The molecule has 0 spiro atoms. The van der Waals surface area contributed by atoms with Crippen LogP contribution >= 0.6 is 12.2 Å². The van der Waals surface area contributed by atoms with Crippen molar-refractivity contribution in [2.24, 2.45) is 0 Å². The van der Waals surface area contributed by atoms with Crippen LogP contribution in [0.1, 0.15) is 17.3 Å². The van der Waals surface area contributed by atoms with Gasteiger partial charge in [-0.25, -0.2) is 0 Å². The van der Waals surface area contributed by atoms with Crippen LogP contribution in [0.5, 0.6) is 0 Å². The van der Waals surface area contributed by atoms with E-state index in [1.165, 1.54) is 6.07 Å². The minimum absolute atomic E-state index is 0.0815. The highest BCUT2D eigenvalue weighted by molar-refractivity contribution is 7.80. The molecule has 0 saturated heterocycles. The van der Waals surface area contributed by atoms with Crippen LogP contribution in [0.4, 0.5) is 11.4 Å². The topological polar surface area (TPSA) is 63.3 Å². The first-order valence-electron chi connectivity index (χ1n) is 8.65. The van der Waals surface area contributed by atoms with E-state index in [9.17, 15) is 10.1 Å². The lowest BCUT2D eigenvalue weighted by molar-refractivity contribution is -0.384. The molecule has 4 rings (SSSR count). The number of hydrogen-bond donors (Lipinski definition) is 1. The second kappa shape index (κ2) is 7.20. The predicted octanol–water partition coefficient (Wildman–Crippen LogP) is 4.20. The van der Waals surface area contributed by atoms with E-state index in [0.717, 1.165) is 23.5 Å². The van der Waals surface area contributed by atoms with E-state index in [0.29, 0.717) is 11.7 Å². The summed E-state index contributed by atoms with van der Waals surface area (Å²) in [6.45, 7) is 1.53. The van der Waals surface area contributed by atoms with Crippen LogP contribution in [0, 0.1) is 10.1 Å². The number of nitrogens with one attached hydrogen (secondary N) is 1. The predicted molar refractivity (Wildman–Crippen MR) is 109 cm³/mol. The zero-order chi connectivity index (χ0) is 18.8. The van der Waals surface area contributed by atoms with Gasteiger partial charge in [-0.3, -0.25) is 10.1 Å². The van der Waals surface area contributed by atoms with Gasteiger partial charge in [-0.2, -0.15) is 0 Å². The molecule has 0 radical (unpaired) electrons. The normalized spacial score (nSPS) is 15.9. The second-order valence-corrected chi connectivity index (χ2v) is 6.76. The van der Waals surface area contributed by atoms with Crippen molar-refractivity contribution in [2.45, 2.75) is 12.6 Å². The van der Waals surface area contributed by atoms with E-state index in [4.69, 9.17) is 12.2 Å². The van der Waals surface area contributed by atoms with Crippen molar-refractivity contribution in [3.05, 3.63) is 94.3 Å². The molecule has 2 aromatic carbocycles. The number of rotatable bonds is 3. The third-order valence-electron chi connectivity index (χ3n) is 4.72. The molecule has 1 aliphatic rings.